The molecule has 0 amide bonds. The monoisotopic (exact) mass is 299 g/mol. The predicted molar refractivity (Wildman–Crippen MR) is 82.4 cm³/mol. The number of thioether (sulfide) groups is 1. The highest BCUT2D eigenvalue weighted by Gasteiger charge is 2.26. The standard InChI is InChI=1S/C13H22BNO4S/c1-13(2,3)19-11(16)7-9-8-15(14)6-5-10(9)20-12(17)18-4/h7,10H,5-6,8,14H2,1-4H3/b9-7-. The third-order valence-electron chi connectivity index (χ3n) is 2.75. The Morgan fingerprint density at radius 3 is 2.65 bits per heavy atom. The summed E-state index contributed by atoms with van der Waals surface area (Å²) in [5.74, 6) is -0.363. The van der Waals surface area contributed by atoms with Crippen molar-refractivity contribution in [1.82, 2.24) is 4.81 Å². The Labute approximate surface area is 125 Å². The molecular formula is C13H22BNO4S. The molecule has 0 aromatic rings. The Kier molecular flexibility index (Phi) is 6.14. The van der Waals surface area contributed by atoms with Gasteiger partial charge in [-0.2, -0.15) is 0 Å². The smallest absolute Gasteiger partial charge is 0.367 e. The van der Waals surface area contributed by atoms with E-state index in [9.17, 15) is 9.59 Å². The average Bonchev–Trinajstić information content (AvgIpc) is 2.29. The first-order valence-corrected chi connectivity index (χ1v) is 7.46. The predicted octanol–water partition coefficient (Wildman–Crippen LogP) is 1.38. The van der Waals surface area contributed by atoms with Crippen LogP contribution in [0, 0.1) is 0 Å². The molecule has 20 heavy (non-hydrogen) atoms. The van der Waals surface area contributed by atoms with Gasteiger partial charge >= 0.3 is 11.3 Å². The van der Waals surface area contributed by atoms with E-state index in [1.54, 1.807) is 0 Å². The van der Waals surface area contributed by atoms with Crippen LogP contribution in [0.4, 0.5) is 4.79 Å². The van der Waals surface area contributed by atoms with E-state index in [1.807, 2.05) is 28.8 Å². The number of nitrogens with zero attached hydrogens (tertiary/aromatic N) is 1. The molecule has 1 aliphatic heterocycles. The number of rotatable bonds is 2. The van der Waals surface area contributed by atoms with Gasteiger partial charge in [0.1, 0.15) is 5.60 Å². The summed E-state index contributed by atoms with van der Waals surface area (Å²) in [7, 11) is 3.35. The molecule has 5 nitrogen and oxygen atoms in total. The molecule has 0 N–H and O–H groups in total. The molecule has 1 aliphatic rings. The Balaban J connectivity index is 2.78. The van der Waals surface area contributed by atoms with E-state index in [-0.39, 0.29) is 16.5 Å². The molecule has 1 unspecified atom stereocenters. The zero-order valence-electron chi connectivity index (χ0n) is 12.8. The van der Waals surface area contributed by atoms with Crippen LogP contribution in [0.5, 0.6) is 0 Å². The lowest BCUT2D eigenvalue weighted by atomic mass is 10.0. The summed E-state index contributed by atoms with van der Waals surface area (Å²) < 4.78 is 9.98. The lowest BCUT2D eigenvalue weighted by Crippen LogP contribution is -2.36. The number of methoxy groups -OCH3 is 1. The van der Waals surface area contributed by atoms with Gasteiger partial charge in [-0.3, -0.25) is 0 Å². The molecule has 0 bridgehead atoms. The van der Waals surface area contributed by atoms with Crippen molar-refractivity contribution in [3.63, 3.8) is 0 Å². The lowest BCUT2D eigenvalue weighted by molar-refractivity contribution is -0.148. The quantitative estimate of drug-likeness (QED) is 0.436. The molecule has 1 saturated heterocycles. The average molecular weight is 299 g/mol. The van der Waals surface area contributed by atoms with Gasteiger partial charge in [-0.15, -0.1) is 0 Å². The Hall–Kier alpha value is -0.945. The minimum absolute atomic E-state index is 0.0221. The largest absolute Gasteiger partial charge is 0.461 e. The van der Waals surface area contributed by atoms with Crippen LogP contribution in [0.25, 0.3) is 0 Å². The summed E-state index contributed by atoms with van der Waals surface area (Å²) in [6.07, 6.45) is 2.33. The number of carbonyl (C=O) groups excluding carboxylic acids is 2. The van der Waals surface area contributed by atoms with Gasteiger partial charge in [-0.25, -0.2) is 9.59 Å². The van der Waals surface area contributed by atoms with Crippen LogP contribution < -0.4 is 0 Å². The van der Waals surface area contributed by atoms with Gasteiger partial charge in [0, 0.05) is 17.9 Å². The van der Waals surface area contributed by atoms with Crippen LogP contribution in [-0.4, -0.2) is 55.1 Å². The van der Waals surface area contributed by atoms with E-state index in [1.165, 1.54) is 13.2 Å². The minimum atomic E-state index is -0.514. The third kappa shape index (κ3) is 6.01. The van der Waals surface area contributed by atoms with E-state index in [2.05, 4.69) is 9.55 Å². The van der Waals surface area contributed by atoms with Crippen LogP contribution >= 0.6 is 11.8 Å². The molecule has 1 rings (SSSR count). The van der Waals surface area contributed by atoms with E-state index in [4.69, 9.17) is 4.74 Å². The van der Waals surface area contributed by atoms with Crippen molar-refractivity contribution in [2.45, 2.75) is 38.0 Å². The van der Waals surface area contributed by atoms with Gasteiger partial charge in [0.2, 0.25) is 0 Å². The SMILES string of the molecule is BN1CCC(SC(=O)OC)/C(=C\C(=O)OC(C)(C)C)C1. The van der Waals surface area contributed by atoms with E-state index < -0.39 is 5.60 Å². The van der Waals surface area contributed by atoms with Crippen molar-refractivity contribution in [3.8, 4) is 0 Å². The number of hydrogen-bond donors (Lipinski definition) is 0. The molecule has 0 spiro atoms. The fourth-order valence-corrected chi connectivity index (χ4v) is 2.78. The van der Waals surface area contributed by atoms with Crippen LogP contribution in [-0.2, 0) is 14.3 Å². The Morgan fingerprint density at radius 2 is 2.10 bits per heavy atom. The maximum atomic E-state index is 11.9. The topological polar surface area (TPSA) is 55.8 Å². The Morgan fingerprint density at radius 1 is 1.45 bits per heavy atom. The number of hydrogen-bond acceptors (Lipinski definition) is 6. The fraction of sp³-hybridized carbons (Fsp3) is 0.692. The number of piperidine rings is 1. The summed E-state index contributed by atoms with van der Waals surface area (Å²) in [4.78, 5) is 25.4. The van der Waals surface area contributed by atoms with Crippen molar-refractivity contribution in [2.75, 3.05) is 20.2 Å². The van der Waals surface area contributed by atoms with Gasteiger partial charge in [0.15, 0.2) is 7.98 Å². The molecule has 0 aromatic carbocycles. The normalized spacial score (nSPS) is 22.6. The second kappa shape index (κ2) is 7.17. The lowest BCUT2D eigenvalue weighted by Gasteiger charge is -2.31. The summed E-state index contributed by atoms with van der Waals surface area (Å²) in [5.41, 5.74) is 0.392. The second-order valence-corrected chi connectivity index (χ2v) is 6.98. The summed E-state index contributed by atoms with van der Waals surface area (Å²) in [5, 5.41) is -0.346. The molecule has 0 radical (unpaired) electrons. The number of esters is 1. The Bertz CT molecular complexity index is 406. The second-order valence-electron chi connectivity index (χ2n) is 5.84. The fourth-order valence-electron chi connectivity index (χ4n) is 1.94. The van der Waals surface area contributed by atoms with Gasteiger partial charge < -0.3 is 14.3 Å². The van der Waals surface area contributed by atoms with Crippen molar-refractivity contribution < 1.29 is 19.1 Å². The van der Waals surface area contributed by atoms with Crippen molar-refractivity contribution in [1.29, 1.82) is 0 Å². The molecule has 1 fully saturated rings. The van der Waals surface area contributed by atoms with E-state index in [0.717, 1.165) is 30.3 Å². The molecule has 0 saturated carbocycles. The molecule has 1 atom stereocenters. The maximum absolute atomic E-state index is 11.9. The summed E-state index contributed by atoms with van der Waals surface area (Å²) in [6, 6.07) is 0. The molecule has 7 heteroatoms. The maximum Gasteiger partial charge on any atom is 0.367 e. The van der Waals surface area contributed by atoms with Gasteiger partial charge in [0.05, 0.1) is 7.11 Å². The molecule has 0 aromatic heterocycles. The minimum Gasteiger partial charge on any atom is -0.461 e. The van der Waals surface area contributed by atoms with Gasteiger partial charge in [-0.1, -0.05) is 0 Å². The number of ether oxygens (including phenoxy) is 2. The van der Waals surface area contributed by atoms with Gasteiger partial charge in [-0.05, 0) is 51.1 Å². The summed E-state index contributed by atoms with van der Waals surface area (Å²) >= 11 is 1.13. The van der Waals surface area contributed by atoms with Crippen LogP contribution in [0.15, 0.2) is 11.6 Å². The highest BCUT2D eigenvalue weighted by atomic mass is 32.2. The first-order valence-electron chi connectivity index (χ1n) is 6.58. The van der Waals surface area contributed by atoms with Crippen LogP contribution in [0.2, 0.25) is 0 Å². The molecule has 112 valence electrons. The van der Waals surface area contributed by atoms with Crippen LogP contribution in [0.3, 0.4) is 0 Å². The summed E-state index contributed by atoms with van der Waals surface area (Å²) in [6.45, 7) is 7.04. The van der Waals surface area contributed by atoms with Crippen molar-refractivity contribution in [2.24, 2.45) is 0 Å². The zero-order chi connectivity index (χ0) is 15.3. The number of carbonyl (C=O) groups is 2. The first-order chi connectivity index (χ1) is 9.21. The van der Waals surface area contributed by atoms with E-state index >= 15 is 0 Å². The molecule has 1 heterocycles. The van der Waals surface area contributed by atoms with Crippen LogP contribution in [0.1, 0.15) is 27.2 Å². The molecular weight excluding hydrogens is 277 g/mol. The molecule has 0 aliphatic carbocycles. The highest BCUT2D eigenvalue weighted by Crippen LogP contribution is 2.28. The van der Waals surface area contributed by atoms with Gasteiger partial charge in [0.25, 0.3) is 0 Å². The van der Waals surface area contributed by atoms with E-state index in [0.29, 0.717) is 6.54 Å². The third-order valence-corrected chi connectivity index (χ3v) is 3.94. The van der Waals surface area contributed by atoms with Crippen molar-refractivity contribution in [3.05, 3.63) is 11.6 Å². The van der Waals surface area contributed by atoms with Crippen molar-refractivity contribution >= 4 is 31.0 Å². The first kappa shape index (κ1) is 17.1. The zero-order valence-corrected chi connectivity index (χ0v) is 13.6. The highest BCUT2D eigenvalue weighted by molar-refractivity contribution is 8.13.